The molecule has 6 heteroatoms. The van der Waals surface area contributed by atoms with Gasteiger partial charge in [0.05, 0.1) is 11.6 Å². The Balaban J connectivity index is 2.07. The van der Waals surface area contributed by atoms with Crippen LogP contribution in [0.25, 0.3) is 0 Å². The number of amides is 2. The molecular weight excluding hydrogens is 340 g/mol. The molecule has 1 heterocycles. The Morgan fingerprint density at radius 1 is 1.32 bits per heavy atom. The topological polar surface area (TPSA) is 58.6 Å². The molecule has 2 amide bonds. The number of halogens is 1. The standard InChI is InChI=1S/C19H27ClN2O3/c1-12(2)11-25-16-8-7-14(10-15(16)20)21-19(24)18(13(3)4)22-9-5-6-17(22)23/h7-8,10,12-13,18H,5-6,9,11H2,1-4H3,(H,21,24)/t18-/m0/s1. The van der Waals surface area contributed by atoms with Gasteiger partial charge in [-0.2, -0.15) is 0 Å². The van der Waals surface area contributed by atoms with Crippen molar-refractivity contribution in [3.8, 4) is 5.75 Å². The molecule has 2 rings (SSSR count). The summed E-state index contributed by atoms with van der Waals surface area (Å²) in [5.74, 6) is 0.899. The van der Waals surface area contributed by atoms with E-state index in [0.717, 1.165) is 6.42 Å². The lowest BCUT2D eigenvalue weighted by molar-refractivity contribution is -0.136. The summed E-state index contributed by atoms with van der Waals surface area (Å²) in [4.78, 5) is 26.4. The van der Waals surface area contributed by atoms with E-state index in [0.29, 0.717) is 41.9 Å². The van der Waals surface area contributed by atoms with E-state index >= 15 is 0 Å². The third-order valence-corrected chi connectivity index (χ3v) is 4.41. The quantitative estimate of drug-likeness (QED) is 0.794. The van der Waals surface area contributed by atoms with Gasteiger partial charge in [-0.15, -0.1) is 0 Å². The molecule has 1 atom stereocenters. The fourth-order valence-electron chi connectivity index (χ4n) is 2.94. The molecule has 0 radical (unpaired) electrons. The van der Waals surface area contributed by atoms with Crippen molar-refractivity contribution in [3.63, 3.8) is 0 Å². The molecule has 0 unspecified atom stereocenters. The van der Waals surface area contributed by atoms with Gasteiger partial charge >= 0.3 is 0 Å². The maximum absolute atomic E-state index is 12.7. The third kappa shape index (κ3) is 5.11. The molecule has 1 N–H and O–H groups in total. The molecule has 0 spiro atoms. The first-order chi connectivity index (χ1) is 11.8. The Kier molecular flexibility index (Phi) is 6.71. The minimum absolute atomic E-state index is 0.0335. The number of benzene rings is 1. The van der Waals surface area contributed by atoms with Crippen LogP contribution in [0.4, 0.5) is 5.69 Å². The molecule has 1 saturated heterocycles. The van der Waals surface area contributed by atoms with Crippen molar-refractivity contribution >= 4 is 29.1 Å². The molecule has 1 aliphatic rings. The van der Waals surface area contributed by atoms with E-state index in [9.17, 15) is 9.59 Å². The fourth-order valence-corrected chi connectivity index (χ4v) is 3.17. The lowest BCUT2D eigenvalue weighted by Crippen LogP contribution is -2.47. The number of anilines is 1. The van der Waals surface area contributed by atoms with Gasteiger partial charge in [0.15, 0.2) is 0 Å². The highest BCUT2D eigenvalue weighted by atomic mass is 35.5. The van der Waals surface area contributed by atoms with Crippen molar-refractivity contribution in [2.24, 2.45) is 11.8 Å². The summed E-state index contributed by atoms with van der Waals surface area (Å²) in [5.41, 5.74) is 0.601. The first-order valence-electron chi connectivity index (χ1n) is 8.82. The van der Waals surface area contributed by atoms with Crippen molar-refractivity contribution in [1.29, 1.82) is 0 Å². The van der Waals surface area contributed by atoms with E-state index in [4.69, 9.17) is 16.3 Å². The van der Waals surface area contributed by atoms with Gasteiger partial charge in [-0.25, -0.2) is 0 Å². The summed E-state index contributed by atoms with van der Waals surface area (Å²) in [6.45, 7) is 9.25. The number of rotatable bonds is 7. The second kappa shape index (κ2) is 8.56. The summed E-state index contributed by atoms with van der Waals surface area (Å²) in [6.07, 6.45) is 1.33. The fraction of sp³-hybridized carbons (Fsp3) is 0.579. The Labute approximate surface area is 154 Å². The summed E-state index contributed by atoms with van der Waals surface area (Å²) < 4.78 is 5.64. The van der Waals surface area contributed by atoms with E-state index in [1.165, 1.54) is 0 Å². The van der Waals surface area contributed by atoms with Crippen LogP contribution in [0.2, 0.25) is 5.02 Å². The molecule has 0 aromatic heterocycles. The second-order valence-electron chi connectivity index (χ2n) is 7.22. The molecular formula is C19H27ClN2O3. The number of hydrogen-bond acceptors (Lipinski definition) is 3. The zero-order valence-corrected chi connectivity index (χ0v) is 16.1. The monoisotopic (exact) mass is 366 g/mol. The number of hydrogen-bond donors (Lipinski definition) is 1. The van der Waals surface area contributed by atoms with Crippen LogP contribution in [0.5, 0.6) is 5.75 Å². The minimum atomic E-state index is -0.467. The maximum atomic E-state index is 12.7. The zero-order chi connectivity index (χ0) is 18.6. The van der Waals surface area contributed by atoms with Gasteiger partial charge < -0.3 is 15.0 Å². The molecule has 0 aliphatic carbocycles. The van der Waals surface area contributed by atoms with Crippen LogP contribution < -0.4 is 10.1 Å². The predicted molar refractivity (Wildman–Crippen MR) is 100.0 cm³/mol. The minimum Gasteiger partial charge on any atom is -0.492 e. The van der Waals surface area contributed by atoms with Gasteiger partial charge in [-0.1, -0.05) is 39.3 Å². The Morgan fingerprint density at radius 2 is 2.04 bits per heavy atom. The lowest BCUT2D eigenvalue weighted by atomic mass is 10.0. The number of nitrogens with one attached hydrogen (secondary N) is 1. The molecule has 1 fully saturated rings. The van der Waals surface area contributed by atoms with Gasteiger partial charge in [0, 0.05) is 18.7 Å². The Morgan fingerprint density at radius 3 is 2.56 bits per heavy atom. The molecule has 0 saturated carbocycles. The van der Waals surface area contributed by atoms with Crippen LogP contribution in [0.15, 0.2) is 18.2 Å². The van der Waals surface area contributed by atoms with Gasteiger partial charge in [0.2, 0.25) is 11.8 Å². The number of likely N-dealkylation sites (tertiary alicyclic amines) is 1. The predicted octanol–water partition coefficient (Wildman–Crippen LogP) is 3.96. The van der Waals surface area contributed by atoms with Gasteiger partial charge in [-0.05, 0) is 36.5 Å². The number of carbonyl (C=O) groups excluding carboxylic acids is 2. The van der Waals surface area contributed by atoms with E-state index in [2.05, 4.69) is 19.2 Å². The summed E-state index contributed by atoms with van der Waals surface area (Å²) in [5, 5.41) is 3.34. The third-order valence-electron chi connectivity index (χ3n) is 4.12. The molecule has 25 heavy (non-hydrogen) atoms. The van der Waals surface area contributed by atoms with Crippen molar-refractivity contribution in [2.45, 2.75) is 46.6 Å². The average molecular weight is 367 g/mol. The van der Waals surface area contributed by atoms with Crippen LogP contribution in [0.1, 0.15) is 40.5 Å². The van der Waals surface area contributed by atoms with E-state index in [-0.39, 0.29) is 17.7 Å². The first kappa shape index (κ1) is 19.6. The highest BCUT2D eigenvalue weighted by molar-refractivity contribution is 6.32. The number of nitrogens with zero attached hydrogens (tertiary/aromatic N) is 1. The number of carbonyl (C=O) groups is 2. The SMILES string of the molecule is CC(C)COc1ccc(NC(=O)[C@H](C(C)C)N2CCCC2=O)cc1Cl. The van der Waals surface area contributed by atoms with E-state index in [1.54, 1.807) is 23.1 Å². The second-order valence-corrected chi connectivity index (χ2v) is 7.63. The van der Waals surface area contributed by atoms with Crippen LogP contribution in [-0.2, 0) is 9.59 Å². The molecule has 0 bridgehead atoms. The van der Waals surface area contributed by atoms with Crippen molar-refractivity contribution in [2.75, 3.05) is 18.5 Å². The van der Waals surface area contributed by atoms with Gasteiger partial charge in [-0.3, -0.25) is 9.59 Å². The first-order valence-corrected chi connectivity index (χ1v) is 9.20. The molecule has 5 nitrogen and oxygen atoms in total. The van der Waals surface area contributed by atoms with Crippen LogP contribution in [-0.4, -0.2) is 35.9 Å². The molecule has 138 valence electrons. The van der Waals surface area contributed by atoms with Crippen molar-refractivity contribution in [1.82, 2.24) is 4.90 Å². The molecule has 1 aliphatic heterocycles. The van der Waals surface area contributed by atoms with E-state index in [1.807, 2.05) is 13.8 Å². The summed E-state index contributed by atoms with van der Waals surface area (Å²) in [6, 6.07) is 4.73. The molecule has 1 aromatic rings. The zero-order valence-electron chi connectivity index (χ0n) is 15.3. The summed E-state index contributed by atoms with van der Waals surface area (Å²) >= 11 is 6.25. The van der Waals surface area contributed by atoms with Gasteiger partial charge in [0.25, 0.3) is 0 Å². The largest absolute Gasteiger partial charge is 0.492 e. The van der Waals surface area contributed by atoms with Crippen LogP contribution >= 0.6 is 11.6 Å². The Bertz CT molecular complexity index is 631. The maximum Gasteiger partial charge on any atom is 0.247 e. The number of ether oxygens (including phenoxy) is 1. The van der Waals surface area contributed by atoms with E-state index < -0.39 is 6.04 Å². The van der Waals surface area contributed by atoms with Crippen molar-refractivity contribution in [3.05, 3.63) is 23.2 Å². The van der Waals surface area contributed by atoms with Crippen molar-refractivity contribution < 1.29 is 14.3 Å². The van der Waals surface area contributed by atoms with Crippen LogP contribution in [0.3, 0.4) is 0 Å². The smallest absolute Gasteiger partial charge is 0.247 e. The average Bonchev–Trinajstić information content (AvgIpc) is 2.92. The molecule has 1 aromatic carbocycles. The summed E-state index contributed by atoms with van der Waals surface area (Å²) in [7, 11) is 0. The van der Waals surface area contributed by atoms with Gasteiger partial charge in [0.1, 0.15) is 11.8 Å². The Hall–Kier alpha value is -1.75. The normalized spacial score (nSPS) is 15.8. The van der Waals surface area contributed by atoms with Crippen LogP contribution in [0, 0.1) is 11.8 Å². The highest BCUT2D eigenvalue weighted by Gasteiger charge is 2.34. The lowest BCUT2D eigenvalue weighted by Gasteiger charge is -2.29. The highest BCUT2D eigenvalue weighted by Crippen LogP contribution is 2.29.